The maximum absolute atomic E-state index is 12.5. The highest BCUT2D eigenvalue weighted by Crippen LogP contribution is 2.37. The van der Waals surface area contributed by atoms with Crippen LogP contribution in [0.3, 0.4) is 0 Å². The summed E-state index contributed by atoms with van der Waals surface area (Å²) in [6, 6.07) is 15.0. The molecule has 148 valence electrons. The number of rotatable bonds is 1. The lowest BCUT2D eigenvalue weighted by Crippen LogP contribution is -2.29. The minimum atomic E-state index is 0.0426. The predicted molar refractivity (Wildman–Crippen MR) is 117 cm³/mol. The molecular weight excluding hydrogens is 356 g/mol. The number of nitriles is 1. The molecule has 1 aliphatic heterocycles. The molecule has 1 unspecified atom stereocenters. The van der Waals surface area contributed by atoms with Crippen LogP contribution in [0.1, 0.15) is 62.3 Å². The van der Waals surface area contributed by atoms with E-state index in [1.165, 1.54) is 11.1 Å². The van der Waals surface area contributed by atoms with Crippen LogP contribution < -0.4 is 5.32 Å². The Bertz CT molecular complexity index is 1020. The van der Waals surface area contributed by atoms with E-state index in [9.17, 15) is 10.1 Å². The lowest BCUT2D eigenvalue weighted by Gasteiger charge is -2.22. The van der Waals surface area contributed by atoms with Gasteiger partial charge in [-0.3, -0.25) is 4.79 Å². The van der Waals surface area contributed by atoms with Crippen molar-refractivity contribution in [3.8, 4) is 17.2 Å². The fraction of sp³-hybridized carbons (Fsp3) is 0.385. The van der Waals surface area contributed by atoms with Crippen LogP contribution in [0.15, 0.2) is 42.0 Å². The van der Waals surface area contributed by atoms with Crippen LogP contribution in [0.4, 0.5) is 0 Å². The summed E-state index contributed by atoms with van der Waals surface area (Å²) in [5, 5.41) is 12.6. The van der Waals surface area contributed by atoms with E-state index in [1.807, 2.05) is 18.2 Å². The van der Waals surface area contributed by atoms with Crippen LogP contribution in [0.25, 0.3) is 17.2 Å². The van der Waals surface area contributed by atoms with Crippen molar-refractivity contribution < 1.29 is 4.79 Å². The molecule has 1 N–H and O–H groups in total. The first kappa shape index (κ1) is 19.5. The fourth-order valence-electron chi connectivity index (χ4n) is 4.51. The Morgan fingerprint density at radius 1 is 1.10 bits per heavy atom. The van der Waals surface area contributed by atoms with Crippen molar-refractivity contribution >= 4 is 12.0 Å². The minimum Gasteiger partial charge on any atom is -0.352 e. The molecule has 2 aromatic carbocycles. The summed E-state index contributed by atoms with van der Waals surface area (Å²) >= 11 is 0. The molecular formula is C26H28N2O. The van der Waals surface area contributed by atoms with Crippen LogP contribution in [0.5, 0.6) is 0 Å². The number of carbonyl (C=O) groups excluding carboxylic acids is 1. The molecule has 2 aromatic rings. The first-order valence-corrected chi connectivity index (χ1v) is 10.5. The molecule has 0 saturated carbocycles. The normalized spacial score (nSPS) is 19.0. The third-order valence-electron chi connectivity index (χ3n) is 6.17. The Morgan fingerprint density at radius 2 is 1.86 bits per heavy atom. The van der Waals surface area contributed by atoms with Crippen LogP contribution in [-0.4, -0.2) is 12.5 Å². The van der Waals surface area contributed by atoms with Gasteiger partial charge in [0.1, 0.15) is 0 Å². The molecule has 1 fully saturated rings. The lowest BCUT2D eigenvalue weighted by molar-refractivity contribution is -0.117. The largest absolute Gasteiger partial charge is 0.352 e. The van der Waals surface area contributed by atoms with E-state index in [-0.39, 0.29) is 11.3 Å². The van der Waals surface area contributed by atoms with Crippen molar-refractivity contribution in [2.24, 2.45) is 5.92 Å². The Balaban J connectivity index is 1.86. The molecule has 1 aliphatic carbocycles. The second-order valence-corrected chi connectivity index (χ2v) is 9.37. The van der Waals surface area contributed by atoms with Gasteiger partial charge in [0.2, 0.25) is 5.91 Å². The van der Waals surface area contributed by atoms with Gasteiger partial charge in [0.25, 0.3) is 0 Å². The molecule has 3 nitrogen and oxygen atoms in total. The highest BCUT2D eigenvalue weighted by atomic mass is 16.1. The molecule has 1 atom stereocenters. The van der Waals surface area contributed by atoms with Gasteiger partial charge in [-0.05, 0) is 83.0 Å². The van der Waals surface area contributed by atoms with E-state index in [0.29, 0.717) is 11.5 Å². The van der Waals surface area contributed by atoms with Crippen molar-refractivity contribution in [1.82, 2.24) is 5.32 Å². The number of nitrogens with zero attached hydrogens (tertiary/aromatic N) is 1. The van der Waals surface area contributed by atoms with E-state index >= 15 is 0 Å². The van der Waals surface area contributed by atoms with Gasteiger partial charge in [0.05, 0.1) is 11.6 Å². The Kier molecular flexibility index (Phi) is 5.04. The van der Waals surface area contributed by atoms with Crippen molar-refractivity contribution in [3.63, 3.8) is 0 Å². The zero-order chi connectivity index (χ0) is 20.6. The molecule has 0 spiro atoms. The molecule has 1 saturated heterocycles. The zero-order valence-electron chi connectivity index (χ0n) is 17.5. The predicted octanol–water partition coefficient (Wildman–Crippen LogP) is 5.38. The van der Waals surface area contributed by atoms with E-state index in [2.05, 4.69) is 56.4 Å². The Hall–Kier alpha value is -2.86. The van der Waals surface area contributed by atoms with Gasteiger partial charge in [0.15, 0.2) is 0 Å². The van der Waals surface area contributed by atoms with Gasteiger partial charge in [-0.25, -0.2) is 0 Å². The average molecular weight is 385 g/mol. The molecule has 4 rings (SSSR count). The molecule has 0 aromatic heterocycles. The third-order valence-corrected chi connectivity index (χ3v) is 6.17. The molecule has 1 heterocycles. The zero-order valence-corrected chi connectivity index (χ0v) is 17.5. The standard InChI is InChI=1S/C26H28N2O/c1-26(2,3)22-8-6-19(7-9-22)23-14-18(16-27)12-20-15-21-11-17(13-24(20)23)5-4-10-28-25(21)29/h6-9,12,14-15,17H,4-5,10-11,13H2,1-3H3,(H,28,29). The van der Waals surface area contributed by atoms with Crippen molar-refractivity contribution in [2.75, 3.05) is 6.54 Å². The van der Waals surface area contributed by atoms with Crippen molar-refractivity contribution in [3.05, 3.63) is 64.2 Å². The smallest absolute Gasteiger partial charge is 0.247 e. The second kappa shape index (κ2) is 7.52. The van der Waals surface area contributed by atoms with E-state index < -0.39 is 0 Å². The highest BCUT2D eigenvalue weighted by molar-refractivity contribution is 5.98. The van der Waals surface area contributed by atoms with Crippen LogP contribution in [0.2, 0.25) is 0 Å². The summed E-state index contributed by atoms with van der Waals surface area (Å²) in [4.78, 5) is 12.5. The first-order valence-electron chi connectivity index (χ1n) is 10.5. The summed E-state index contributed by atoms with van der Waals surface area (Å²) < 4.78 is 0. The number of amides is 1. The van der Waals surface area contributed by atoms with Gasteiger partial charge in [-0.2, -0.15) is 5.26 Å². The molecule has 29 heavy (non-hydrogen) atoms. The summed E-state index contributed by atoms with van der Waals surface area (Å²) in [6.07, 6.45) is 5.91. The van der Waals surface area contributed by atoms with Gasteiger partial charge >= 0.3 is 0 Å². The Morgan fingerprint density at radius 3 is 2.55 bits per heavy atom. The van der Waals surface area contributed by atoms with E-state index in [4.69, 9.17) is 0 Å². The van der Waals surface area contributed by atoms with Gasteiger partial charge in [-0.1, -0.05) is 45.0 Å². The quantitative estimate of drug-likeness (QED) is 0.718. The average Bonchev–Trinajstić information content (AvgIpc) is 2.89. The number of benzene rings is 2. The fourth-order valence-corrected chi connectivity index (χ4v) is 4.51. The van der Waals surface area contributed by atoms with Gasteiger partial charge < -0.3 is 5.32 Å². The van der Waals surface area contributed by atoms with Gasteiger partial charge in [0, 0.05) is 12.1 Å². The van der Waals surface area contributed by atoms with E-state index in [1.54, 1.807) is 0 Å². The lowest BCUT2D eigenvalue weighted by atomic mass is 9.83. The summed E-state index contributed by atoms with van der Waals surface area (Å²) in [6.45, 7) is 7.39. The molecule has 2 bridgehead atoms. The van der Waals surface area contributed by atoms with Gasteiger partial charge in [-0.15, -0.1) is 0 Å². The molecule has 1 amide bonds. The highest BCUT2D eigenvalue weighted by Gasteiger charge is 2.26. The van der Waals surface area contributed by atoms with Crippen LogP contribution in [-0.2, 0) is 16.6 Å². The molecule has 0 radical (unpaired) electrons. The van der Waals surface area contributed by atoms with Crippen LogP contribution >= 0.6 is 0 Å². The molecule has 3 heteroatoms. The number of nitrogens with one attached hydrogen (secondary N) is 1. The SMILES string of the molecule is CC(C)(C)c1ccc(-c2cc(C#N)cc3c2CC2CCCNC(=O)C(=C3)C2)cc1. The Labute approximate surface area is 173 Å². The maximum Gasteiger partial charge on any atom is 0.247 e. The third kappa shape index (κ3) is 3.98. The van der Waals surface area contributed by atoms with Crippen molar-refractivity contribution in [2.45, 2.75) is 51.9 Å². The van der Waals surface area contributed by atoms with E-state index in [0.717, 1.165) is 54.5 Å². The first-order chi connectivity index (χ1) is 13.8. The number of hydrogen-bond donors (Lipinski definition) is 1. The van der Waals surface area contributed by atoms with Crippen LogP contribution in [0, 0.1) is 17.2 Å². The molecule has 2 aliphatic rings. The minimum absolute atomic E-state index is 0.0426. The number of fused-ring (bicyclic) bond motifs is 3. The summed E-state index contributed by atoms with van der Waals surface area (Å²) in [7, 11) is 0. The van der Waals surface area contributed by atoms with Crippen molar-refractivity contribution in [1.29, 1.82) is 5.26 Å². The monoisotopic (exact) mass is 384 g/mol. The second-order valence-electron chi connectivity index (χ2n) is 9.37. The summed E-state index contributed by atoms with van der Waals surface area (Å²) in [5.41, 5.74) is 7.44. The number of hydrogen-bond acceptors (Lipinski definition) is 2. The topological polar surface area (TPSA) is 52.9 Å². The maximum atomic E-state index is 12.5. The number of carbonyl (C=O) groups is 1. The summed E-state index contributed by atoms with van der Waals surface area (Å²) in [5.74, 6) is 0.509.